The summed E-state index contributed by atoms with van der Waals surface area (Å²) in [5, 5.41) is 2.13. The van der Waals surface area contributed by atoms with E-state index in [4.69, 9.17) is 0 Å². The fraction of sp³-hybridized carbons (Fsp3) is 0.100. The lowest BCUT2D eigenvalue weighted by molar-refractivity contribution is -0.128. The Labute approximate surface area is 154 Å². The third-order valence-corrected chi connectivity index (χ3v) is 4.38. The minimum absolute atomic E-state index is 0.208. The first-order valence-corrected chi connectivity index (χ1v) is 8.70. The summed E-state index contributed by atoms with van der Waals surface area (Å²) in [5.41, 5.74) is 6.75. The quantitative estimate of drug-likeness (QED) is 0.662. The summed E-state index contributed by atoms with van der Waals surface area (Å²) < 4.78 is 0.958. The predicted molar refractivity (Wildman–Crippen MR) is 102 cm³/mol. The number of benzene rings is 3. The number of hydrogen-bond acceptors (Lipinski definition) is 2. The van der Waals surface area contributed by atoms with Crippen molar-refractivity contribution in [2.45, 2.75) is 12.8 Å². The van der Waals surface area contributed by atoms with Crippen LogP contribution in [0.4, 0.5) is 0 Å². The highest BCUT2D eigenvalue weighted by Crippen LogP contribution is 2.18. The number of amides is 2. The summed E-state index contributed by atoms with van der Waals surface area (Å²) in [7, 11) is 0. The molecule has 126 valence electrons. The zero-order valence-electron chi connectivity index (χ0n) is 13.5. The van der Waals surface area contributed by atoms with Crippen molar-refractivity contribution in [3.63, 3.8) is 0 Å². The third-order valence-electron chi connectivity index (χ3n) is 3.85. The van der Waals surface area contributed by atoms with E-state index in [1.165, 1.54) is 0 Å². The molecule has 5 heteroatoms. The van der Waals surface area contributed by atoms with Crippen molar-refractivity contribution in [3.8, 4) is 0 Å². The highest BCUT2D eigenvalue weighted by molar-refractivity contribution is 9.10. The Kier molecular flexibility index (Phi) is 5.46. The van der Waals surface area contributed by atoms with Gasteiger partial charge in [0.1, 0.15) is 0 Å². The van der Waals surface area contributed by atoms with Crippen LogP contribution in [0.1, 0.15) is 11.1 Å². The molecule has 0 saturated carbocycles. The Morgan fingerprint density at radius 1 is 0.760 bits per heavy atom. The molecule has 0 atom stereocenters. The van der Waals surface area contributed by atoms with Gasteiger partial charge in [0, 0.05) is 4.47 Å². The lowest BCUT2D eigenvalue weighted by atomic mass is 10.0. The summed E-state index contributed by atoms with van der Waals surface area (Å²) in [6, 6.07) is 21.3. The first kappa shape index (κ1) is 17.2. The Morgan fingerprint density at radius 3 is 2.16 bits per heavy atom. The van der Waals surface area contributed by atoms with Crippen LogP contribution in [0.25, 0.3) is 10.8 Å². The van der Waals surface area contributed by atoms with E-state index in [2.05, 4.69) is 26.8 Å². The maximum atomic E-state index is 12.1. The molecule has 3 rings (SSSR count). The summed E-state index contributed by atoms with van der Waals surface area (Å²) in [5.74, 6) is -0.505. The minimum atomic E-state index is -0.256. The number of rotatable bonds is 4. The molecule has 0 spiro atoms. The molecule has 0 aliphatic heterocycles. The van der Waals surface area contributed by atoms with Gasteiger partial charge in [-0.25, -0.2) is 0 Å². The molecule has 0 saturated heterocycles. The van der Waals surface area contributed by atoms with E-state index in [1.807, 2.05) is 66.7 Å². The van der Waals surface area contributed by atoms with Gasteiger partial charge < -0.3 is 0 Å². The van der Waals surface area contributed by atoms with Gasteiger partial charge in [0.2, 0.25) is 11.8 Å². The van der Waals surface area contributed by atoms with Crippen LogP contribution in [0.2, 0.25) is 0 Å². The van der Waals surface area contributed by atoms with Crippen LogP contribution >= 0.6 is 15.9 Å². The molecule has 2 N–H and O–H groups in total. The van der Waals surface area contributed by atoms with Gasteiger partial charge in [0.25, 0.3) is 0 Å². The summed E-state index contributed by atoms with van der Waals surface area (Å²) in [6.07, 6.45) is 0.418. The lowest BCUT2D eigenvalue weighted by Crippen LogP contribution is -2.43. The number of hydrazine groups is 1. The normalized spacial score (nSPS) is 10.4. The van der Waals surface area contributed by atoms with Crippen molar-refractivity contribution in [1.82, 2.24) is 10.9 Å². The smallest absolute Gasteiger partial charge is 0.242 e. The summed E-state index contributed by atoms with van der Waals surface area (Å²) in [6.45, 7) is 0. The molecule has 0 radical (unpaired) electrons. The number of carbonyl (C=O) groups is 2. The second-order valence-electron chi connectivity index (χ2n) is 5.71. The van der Waals surface area contributed by atoms with Crippen molar-refractivity contribution in [2.24, 2.45) is 0 Å². The van der Waals surface area contributed by atoms with Crippen LogP contribution in [0.15, 0.2) is 71.2 Å². The van der Waals surface area contributed by atoms with Crippen molar-refractivity contribution < 1.29 is 9.59 Å². The average molecular weight is 397 g/mol. The minimum Gasteiger partial charge on any atom is -0.273 e. The maximum Gasteiger partial charge on any atom is 0.242 e. The fourth-order valence-corrected chi connectivity index (χ4v) is 2.90. The maximum absolute atomic E-state index is 12.1. The number of hydrogen-bond donors (Lipinski definition) is 2. The lowest BCUT2D eigenvalue weighted by Gasteiger charge is -2.09. The second-order valence-corrected chi connectivity index (χ2v) is 6.63. The van der Waals surface area contributed by atoms with Crippen molar-refractivity contribution in [3.05, 3.63) is 82.3 Å². The molecule has 3 aromatic carbocycles. The SMILES string of the molecule is O=C(Cc1ccc(Br)cc1)NNC(=O)Cc1cccc2ccccc12. The van der Waals surface area contributed by atoms with Crippen molar-refractivity contribution in [1.29, 1.82) is 0 Å². The zero-order valence-corrected chi connectivity index (χ0v) is 15.0. The predicted octanol–water partition coefficient (Wildman–Crippen LogP) is 3.53. The number of halogens is 1. The van der Waals surface area contributed by atoms with Crippen molar-refractivity contribution in [2.75, 3.05) is 0 Å². The van der Waals surface area contributed by atoms with Crippen LogP contribution in [-0.2, 0) is 22.4 Å². The van der Waals surface area contributed by atoms with E-state index in [-0.39, 0.29) is 24.7 Å². The van der Waals surface area contributed by atoms with Gasteiger partial charge in [-0.15, -0.1) is 0 Å². The van der Waals surface area contributed by atoms with E-state index < -0.39 is 0 Å². The van der Waals surface area contributed by atoms with Crippen LogP contribution < -0.4 is 10.9 Å². The van der Waals surface area contributed by atoms with Gasteiger partial charge in [0.05, 0.1) is 12.8 Å². The molecule has 2 amide bonds. The standard InChI is InChI=1S/C20H17BrN2O2/c21-17-10-8-14(9-11-17)12-19(24)22-23-20(25)13-16-6-3-5-15-4-1-2-7-18(15)16/h1-11H,12-13H2,(H,22,24)(H,23,25). The van der Waals surface area contributed by atoms with E-state index in [1.54, 1.807) is 0 Å². The Morgan fingerprint density at radius 2 is 1.40 bits per heavy atom. The van der Waals surface area contributed by atoms with Gasteiger partial charge in [-0.1, -0.05) is 70.5 Å². The Hall–Kier alpha value is -2.66. The molecule has 0 bridgehead atoms. The summed E-state index contributed by atoms with van der Waals surface area (Å²) in [4.78, 5) is 24.1. The fourth-order valence-electron chi connectivity index (χ4n) is 2.64. The molecule has 0 fully saturated rings. The largest absolute Gasteiger partial charge is 0.273 e. The average Bonchev–Trinajstić information content (AvgIpc) is 2.62. The number of fused-ring (bicyclic) bond motifs is 1. The molecule has 0 aliphatic carbocycles. The van der Waals surface area contributed by atoms with Crippen molar-refractivity contribution >= 4 is 38.5 Å². The molecule has 0 aliphatic rings. The second kappa shape index (κ2) is 7.94. The topological polar surface area (TPSA) is 58.2 Å². The van der Waals surface area contributed by atoms with Crippen LogP contribution in [0.3, 0.4) is 0 Å². The van der Waals surface area contributed by atoms with E-state index in [9.17, 15) is 9.59 Å². The van der Waals surface area contributed by atoms with Gasteiger partial charge in [-0.3, -0.25) is 20.4 Å². The van der Waals surface area contributed by atoms with E-state index in [0.29, 0.717) is 0 Å². The van der Waals surface area contributed by atoms with Gasteiger partial charge in [0.15, 0.2) is 0 Å². The third kappa shape index (κ3) is 4.67. The molecular formula is C20H17BrN2O2. The number of nitrogens with one attached hydrogen (secondary N) is 2. The highest BCUT2D eigenvalue weighted by Gasteiger charge is 2.09. The highest BCUT2D eigenvalue weighted by atomic mass is 79.9. The monoisotopic (exact) mass is 396 g/mol. The molecule has 4 nitrogen and oxygen atoms in total. The van der Waals surface area contributed by atoms with Crippen LogP contribution in [0.5, 0.6) is 0 Å². The molecule has 0 unspecified atom stereocenters. The Balaban J connectivity index is 1.55. The first-order valence-electron chi connectivity index (χ1n) is 7.90. The Bertz CT molecular complexity index is 902. The molecule has 3 aromatic rings. The molecule has 0 heterocycles. The van der Waals surface area contributed by atoms with Crippen LogP contribution in [0, 0.1) is 0 Å². The van der Waals surface area contributed by atoms with Gasteiger partial charge in [-0.05, 0) is 34.0 Å². The molecule has 0 aromatic heterocycles. The molecule has 25 heavy (non-hydrogen) atoms. The number of carbonyl (C=O) groups excluding carboxylic acids is 2. The van der Waals surface area contributed by atoms with Gasteiger partial charge in [-0.2, -0.15) is 0 Å². The van der Waals surface area contributed by atoms with E-state index in [0.717, 1.165) is 26.4 Å². The van der Waals surface area contributed by atoms with E-state index >= 15 is 0 Å². The first-order chi connectivity index (χ1) is 12.1. The van der Waals surface area contributed by atoms with Crippen LogP contribution in [-0.4, -0.2) is 11.8 Å². The molecular weight excluding hydrogens is 380 g/mol. The summed E-state index contributed by atoms with van der Waals surface area (Å²) >= 11 is 3.35. The zero-order chi connectivity index (χ0) is 17.6. The van der Waals surface area contributed by atoms with Gasteiger partial charge >= 0.3 is 0 Å².